The molecule has 0 amide bonds. The first-order valence-electron chi connectivity index (χ1n) is 7.43. The Kier molecular flexibility index (Phi) is 6.75. The number of nitrogens with zero attached hydrogens (tertiary/aromatic N) is 1. The third-order valence-corrected chi connectivity index (χ3v) is 4.43. The molecular weight excluding hydrogens is 282 g/mol. The van der Waals surface area contributed by atoms with Gasteiger partial charge in [-0.15, -0.1) is 0 Å². The third kappa shape index (κ3) is 6.53. The van der Waals surface area contributed by atoms with Crippen molar-refractivity contribution in [3.8, 4) is 0 Å². The molecule has 1 rings (SSSR count). The Bertz CT molecular complexity index is 489. The summed E-state index contributed by atoms with van der Waals surface area (Å²) in [6.45, 7) is 9.87. The SMILES string of the molecule is CC(C)C[C@@H](O)C/C(=N/S(=O)C(C)(C)C)c1ccccc1. The number of hydrogen-bond donors (Lipinski definition) is 1. The van der Waals surface area contributed by atoms with E-state index in [1.54, 1.807) is 0 Å². The van der Waals surface area contributed by atoms with Crippen LogP contribution in [0.25, 0.3) is 0 Å². The topological polar surface area (TPSA) is 49.7 Å². The average molecular weight is 309 g/mol. The van der Waals surface area contributed by atoms with Crippen molar-refractivity contribution >= 4 is 16.7 Å². The van der Waals surface area contributed by atoms with Crippen LogP contribution in [0.3, 0.4) is 0 Å². The minimum atomic E-state index is -1.32. The highest BCUT2D eigenvalue weighted by Crippen LogP contribution is 2.17. The van der Waals surface area contributed by atoms with E-state index in [9.17, 15) is 9.32 Å². The van der Waals surface area contributed by atoms with Crippen molar-refractivity contribution in [3.63, 3.8) is 0 Å². The first kappa shape index (κ1) is 18.1. The Labute approximate surface area is 131 Å². The Morgan fingerprint density at radius 3 is 2.29 bits per heavy atom. The predicted octanol–water partition coefficient (Wildman–Crippen LogP) is 3.74. The fourth-order valence-electron chi connectivity index (χ4n) is 1.93. The lowest BCUT2D eigenvalue weighted by Gasteiger charge is -2.18. The van der Waals surface area contributed by atoms with Crippen molar-refractivity contribution in [2.24, 2.45) is 10.3 Å². The van der Waals surface area contributed by atoms with Gasteiger partial charge >= 0.3 is 0 Å². The molecule has 0 aliphatic rings. The van der Waals surface area contributed by atoms with Gasteiger partial charge in [0.2, 0.25) is 0 Å². The van der Waals surface area contributed by atoms with Gasteiger partial charge in [-0.25, -0.2) is 4.21 Å². The molecule has 3 nitrogen and oxygen atoms in total. The number of rotatable bonds is 6. The number of aliphatic hydroxyl groups is 1. The lowest BCUT2D eigenvalue weighted by Crippen LogP contribution is -2.23. The van der Waals surface area contributed by atoms with Crippen molar-refractivity contribution in [2.75, 3.05) is 0 Å². The zero-order chi connectivity index (χ0) is 16.0. The normalized spacial score (nSPS) is 16.0. The van der Waals surface area contributed by atoms with Crippen molar-refractivity contribution in [3.05, 3.63) is 35.9 Å². The maximum absolute atomic E-state index is 12.3. The maximum Gasteiger partial charge on any atom is 0.145 e. The summed E-state index contributed by atoms with van der Waals surface area (Å²) in [5.41, 5.74) is 1.65. The summed E-state index contributed by atoms with van der Waals surface area (Å²) in [6, 6.07) is 9.69. The second-order valence-corrected chi connectivity index (χ2v) is 8.66. The summed E-state index contributed by atoms with van der Waals surface area (Å²) < 4.78 is 16.3. The van der Waals surface area contributed by atoms with E-state index in [1.165, 1.54) is 0 Å². The molecule has 0 heterocycles. The van der Waals surface area contributed by atoms with Crippen molar-refractivity contribution in [1.29, 1.82) is 0 Å². The van der Waals surface area contributed by atoms with Gasteiger partial charge < -0.3 is 5.11 Å². The van der Waals surface area contributed by atoms with Crippen LogP contribution in [-0.4, -0.2) is 25.9 Å². The molecule has 0 radical (unpaired) electrons. The lowest BCUT2D eigenvalue weighted by atomic mass is 9.98. The standard InChI is InChI=1S/C17H27NO2S/c1-13(2)11-15(19)12-16(14-9-7-6-8-10-14)18-21(20)17(3,4)5/h6-10,13,15,19H,11-12H2,1-5H3/b18-16-/t15-,21?/m1/s1. The molecule has 21 heavy (non-hydrogen) atoms. The largest absolute Gasteiger partial charge is 0.393 e. The van der Waals surface area contributed by atoms with Crippen LogP contribution in [0.5, 0.6) is 0 Å². The molecule has 0 spiro atoms. The van der Waals surface area contributed by atoms with Gasteiger partial charge in [-0.3, -0.25) is 0 Å². The molecule has 0 aromatic heterocycles. The summed E-state index contributed by atoms with van der Waals surface area (Å²) in [5.74, 6) is 0.421. The van der Waals surface area contributed by atoms with Crippen LogP contribution in [0.1, 0.15) is 53.0 Å². The van der Waals surface area contributed by atoms with Gasteiger partial charge in [-0.1, -0.05) is 44.2 Å². The zero-order valence-corrected chi connectivity index (χ0v) is 14.5. The molecule has 1 unspecified atom stereocenters. The summed E-state index contributed by atoms with van der Waals surface area (Å²) in [6.07, 6.45) is 0.693. The van der Waals surface area contributed by atoms with Crippen LogP contribution in [-0.2, 0) is 11.0 Å². The Morgan fingerprint density at radius 2 is 1.81 bits per heavy atom. The molecule has 2 atom stereocenters. The molecule has 1 aromatic rings. The van der Waals surface area contributed by atoms with Gasteiger partial charge in [-0.2, -0.15) is 4.40 Å². The number of aliphatic hydroxyl groups excluding tert-OH is 1. The fourth-order valence-corrected chi connectivity index (χ4v) is 2.58. The molecule has 118 valence electrons. The second-order valence-electron chi connectivity index (χ2n) is 6.75. The number of hydrogen-bond acceptors (Lipinski definition) is 2. The lowest BCUT2D eigenvalue weighted by molar-refractivity contribution is 0.156. The smallest absolute Gasteiger partial charge is 0.145 e. The maximum atomic E-state index is 12.3. The fraction of sp³-hybridized carbons (Fsp3) is 0.588. The van der Waals surface area contributed by atoms with Gasteiger partial charge in [0.25, 0.3) is 0 Å². The Morgan fingerprint density at radius 1 is 1.24 bits per heavy atom. The van der Waals surface area contributed by atoms with Gasteiger partial charge in [0.1, 0.15) is 11.0 Å². The van der Waals surface area contributed by atoms with Gasteiger partial charge in [0, 0.05) is 6.42 Å². The Balaban J connectivity index is 3.02. The molecule has 0 saturated carbocycles. The molecular formula is C17H27NO2S. The van der Waals surface area contributed by atoms with E-state index in [2.05, 4.69) is 18.2 Å². The second kappa shape index (κ2) is 7.85. The summed E-state index contributed by atoms with van der Waals surface area (Å²) in [5, 5.41) is 10.2. The molecule has 1 N–H and O–H groups in total. The van der Waals surface area contributed by atoms with E-state index in [1.807, 2.05) is 51.1 Å². The van der Waals surface area contributed by atoms with Gasteiger partial charge in [-0.05, 0) is 38.7 Å². The Hall–Kier alpha value is -1.00. The first-order valence-corrected chi connectivity index (χ1v) is 8.54. The van der Waals surface area contributed by atoms with Gasteiger partial charge in [0.05, 0.1) is 16.6 Å². The van der Waals surface area contributed by atoms with E-state index in [4.69, 9.17) is 0 Å². The molecule has 0 fully saturated rings. The molecule has 4 heteroatoms. The van der Waals surface area contributed by atoms with Crippen LogP contribution in [0.2, 0.25) is 0 Å². The van der Waals surface area contributed by atoms with Crippen LogP contribution in [0.15, 0.2) is 34.7 Å². The van der Waals surface area contributed by atoms with E-state index in [0.717, 1.165) is 11.3 Å². The van der Waals surface area contributed by atoms with Gasteiger partial charge in [0.15, 0.2) is 0 Å². The molecule has 0 aliphatic carbocycles. The average Bonchev–Trinajstić information content (AvgIpc) is 2.36. The van der Waals surface area contributed by atoms with Crippen molar-refractivity contribution < 1.29 is 9.32 Å². The molecule has 1 aromatic carbocycles. The predicted molar refractivity (Wildman–Crippen MR) is 91.0 cm³/mol. The quantitative estimate of drug-likeness (QED) is 0.814. The van der Waals surface area contributed by atoms with Crippen molar-refractivity contribution in [2.45, 2.75) is 58.3 Å². The summed E-state index contributed by atoms with van der Waals surface area (Å²) in [4.78, 5) is 0. The first-order chi connectivity index (χ1) is 9.70. The minimum Gasteiger partial charge on any atom is -0.393 e. The monoisotopic (exact) mass is 309 g/mol. The van der Waals surface area contributed by atoms with Crippen LogP contribution in [0.4, 0.5) is 0 Å². The molecule has 0 aliphatic heterocycles. The van der Waals surface area contributed by atoms with Crippen LogP contribution in [0, 0.1) is 5.92 Å². The highest BCUT2D eigenvalue weighted by atomic mass is 32.2. The van der Waals surface area contributed by atoms with E-state index in [-0.39, 0.29) is 0 Å². The van der Waals surface area contributed by atoms with E-state index in [0.29, 0.717) is 18.8 Å². The minimum absolute atomic E-state index is 0.400. The zero-order valence-electron chi connectivity index (χ0n) is 13.7. The van der Waals surface area contributed by atoms with Crippen molar-refractivity contribution in [1.82, 2.24) is 0 Å². The van der Waals surface area contributed by atoms with E-state index >= 15 is 0 Å². The number of benzene rings is 1. The third-order valence-electron chi connectivity index (χ3n) is 3.00. The van der Waals surface area contributed by atoms with Crippen LogP contribution >= 0.6 is 0 Å². The van der Waals surface area contributed by atoms with E-state index < -0.39 is 21.8 Å². The molecule has 0 bridgehead atoms. The van der Waals surface area contributed by atoms with Crippen LogP contribution < -0.4 is 0 Å². The highest BCUT2D eigenvalue weighted by Gasteiger charge is 2.21. The summed E-state index contributed by atoms with van der Waals surface area (Å²) in [7, 11) is -1.32. The summed E-state index contributed by atoms with van der Waals surface area (Å²) >= 11 is 0. The highest BCUT2D eigenvalue weighted by molar-refractivity contribution is 7.85. The molecule has 0 saturated heterocycles.